The highest BCUT2D eigenvalue weighted by Crippen LogP contribution is 2.13. The van der Waals surface area contributed by atoms with Crippen LogP contribution in [0.15, 0.2) is 30.3 Å². The SMILES string of the molecule is CC(O)CC(C)COC(=O)C(COO)Oc1ccccc1. The molecule has 0 aromatic heterocycles. The summed E-state index contributed by atoms with van der Waals surface area (Å²) in [6.07, 6.45) is -0.958. The first-order valence-corrected chi connectivity index (χ1v) is 6.85. The molecule has 0 saturated heterocycles. The van der Waals surface area contributed by atoms with Crippen LogP contribution < -0.4 is 4.74 Å². The lowest BCUT2D eigenvalue weighted by Gasteiger charge is -2.18. The monoisotopic (exact) mass is 298 g/mol. The number of ether oxygens (including phenoxy) is 2. The number of para-hydroxylation sites is 1. The number of benzene rings is 1. The van der Waals surface area contributed by atoms with Crippen LogP contribution >= 0.6 is 0 Å². The molecule has 0 bridgehead atoms. The van der Waals surface area contributed by atoms with E-state index in [9.17, 15) is 9.90 Å². The Kier molecular flexibility index (Phi) is 7.74. The highest BCUT2D eigenvalue weighted by Gasteiger charge is 2.23. The number of carbonyl (C=O) groups is 1. The first-order chi connectivity index (χ1) is 10.0. The van der Waals surface area contributed by atoms with Crippen molar-refractivity contribution in [2.45, 2.75) is 32.5 Å². The molecular formula is C15H22O6. The van der Waals surface area contributed by atoms with Crippen molar-refractivity contribution in [3.63, 3.8) is 0 Å². The summed E-state index contributed by atoms with van der Waals surface area (Å²) in [5.41, 5.74) is 0. The maximum atomic E-state index is 11.9. The molecule has 0 aliphatic rings. The van der Waals surface area contributed by atoms with Gasteiger partial charge in [-0.25, -0.2) is 9.68 Å². The van der Waals surface area contributed by atoms with Crippen LogP contribution in [0.25, 0.3) is 0 Å². The molecule has 0 amide bonds. The van der Waals surface area contributed by atoms with Gasteiger partial charge in [0, 0.05) is 0 Å². The van der Waals surface area contributed by atoms with Gasteiger partial charge in [-0.15, -0.1) is 0 Å². The fourth-order valence-corrected chi connectivity index (χ4v) is 1.85. The van der Waals surface area contributed by atoms with Gasteiger partial charge in [-0.3, -0.25) is 5.26 Å². The summed E-state index contributed by atoms with van der Waals surface area (Å²) in [5, 5.41) is 17.8. The minimum Gasteiger partial charge on any atom is -0.476 e. The molecule has 0 spiro atoms. The van der Waals surface area contributed by atoms with Gasteiger partial charge in [0.1, 0.15) is 12.4 Å². The van der Waals surface area contributed by atoms with Gasteiger partial charge >= 0.3 is 5.97 Å². The van der Waals surface area contributed by atoms with Crippen molar-refractivity contribution in [1.82, 2.24) is 0 Å². The van der Waals surface area contributed by atoms with Gasteiger partial charge in [-0.2, -0.15) is 0 Å². The Balaban J connectivity index is 2.49. The Morgan fingerprint density at radius 3 is 2.43 bits per heavy atom. The molecule has 0 radical (unpaired) electrons. The molecule has 21 heavy (non-hydrogen) atoms. The van der Waals surface area contributed by atoms with Gasteiger partial charge < -0.3 is 14.6 Å². The molecule has 6 nitrogen and oxygen atoms in total. The zero-order chi connectivity index (χ0) is 15.7. The maximum absolute atomic E-state index is 11.9. The second-order valence-corrected chi connectivity index (χ2v) is 5.04. The summed E-state index contributed by atoms with van der Waals surface area (Å²) in [5.74, 6) is -0.111. The Hall–Kier alpha value is -1.63. The molecule has 1 rings (SSSR count). The van der Waals surface area contributed by atoms with Gasteiger partial charge in [0.2, 0.25) is 6.10 Å². The molecule has 3 atom stereocenters. The highest BCUT2D eigenvalue weighted by molar-refractivity contribution is 5.75. The van der Waals surface area contributed by atoms with E-state index >= 15 is 0 Å². The fraction of sp³-hybridized carbons (Fsp3) is 0.533. The van der Waals surface area contributed by atoms with Crippen molar-refractivity contribution >= 4 is 5.97 Å². The number of rotatable bonds is 9. The van der Waals surface area contributed by atoms with E-state index in [0.29, 0.717) is 12.2 Å². The molecular weight excluding hydrogens is 276 g/mol. The Morgan fingerprint density at radius 2 is 1.86 bits per heavy atom. The molecule has 118 valence electrons. The van der Waals surface area contributed by atoms with Gasteiger partial charge in [0.25, 0.3) is 0 Å². The van der Waals surface area contributed by atoms with E-state index < -0.39 is 18.2 Å². The zero-order valence-electron chi connectivity index (χ0n) is 12.3. The second-order valence-electron chi connectivity index (χ2n) is 5.04. The topological polar surface area (TPSA) is 85.2 Å². The number of hydrogen-bond acceptors (Lipinski definition) is 6. The molecule has 6 heteroatoms. The van der Waals surface area contributed by atoms with Crippen molar-refractivity contribution in [2.24, 2.45) is 5.92 Å². The zero-order valence-corrected chi connectivity index (χ0v) is 12.3. The predicted octanol–water partition coefficient (Wildman–Crippen LogP) is 1.87. The quantitative estimate of drug-likeness (QED) is 0.411. The summed E-state index contributed by atoms with van der Waals surface area (Å²) in [7, 11) is 0. The van der Waals surface area contributed by atoms with E-state index in [1.54, 1.807) is 31.2 Å². The van der Waals surface area contributed by atoms with Crippen molar-refractivity contribution in [3.05, 3.63) is 30.3 Å². The van der Waals surface area contributed by atoms with Crippen LogP contribution in [-0.4, -0.2) is 41.8 Å². The molecule has 0 aliphatic carbocycles. The van der Waals surface area contributed by atoms with Crippen LogP contribution in [0.3, 0.4) is 0 Å². The molecule has 0 heterocycles. The number of hydrogen-bond donors (Lipinski definition) is 2. The average molecular weight is 298 g/mol. The lowest BCUT2D eigenvalue weighted by Crippen LogP contribution is -2.34. The predicted molar refractivity (Wildman–Crippen MR) is 75.9 cm³/mol. The van der Waals surface area contributed by atoms with E-state index in [1.807, 2.05) is 13.0 Å². The normalized spacial score (nSPS) is 15.0. The summed E-state index contributed by atoms with van der Waals surface area (Å²) >= 11 is 0. The third-order valence-corrected chi connectivity index (χ3v) is 2.76. The van der Waals surface area contributed by atoms with Crippen LogP contribution in [0.1, 0.15) is 20.3 Å². The summed E-state index contributed by atoms with van der Waals surface area (Å²) in [6.45, 7) is 3.40. The third-order valence-electron chi connectivity index (χ3n) is 2.76. The number of esters is 1. The minimum absolute atomic E-state index is 0.0290. The van der Waals surface area contributed by atoms with Gasteiger partial charge in [-0.1, -0.05) is 25.1 Å². The van der Waals surface area contributed by atoms with E-state index in [0.717, 1.165) is 0 Å². The first-order valence-electron chi connectivity index (χ1n) is 6.85. The van der Waals surface area contributed by atoms with Crippen molar-refractivity contribution < 1.29 is 29.5 Å². The van der Waals surface area contributed by atoms with Crippen molar-refractivity contribution in [2.75, 3.05) is 13.2 Å². The van der Waals surface area contributed by atoms with Crippen LogP contribution in [0.2, 0.25) is 0 Å². The highest BCUT2D eigenvalue weighted by atomic mass is 17.1. The lowest BCUT2D eigenvalue weighted by molar-refractivity contribution is -0.255. The Labute approximate surface area is 124 Å². The molecule has 0 aliphatic heterocycles. The average Bonchev–Trinajstić information content (AvgIpc) is 2.44. The van der Waals surface area contributed by atoms with Crippen LogP contribution in [0.4, 0.5) is 0 Å². The van der Waals surface area contributed by atoms with Crippen LogP contribution in [0, 0.1) is 5.92 Å². The van der Waals surface area contributed by atoms with E-state index in [2.05, 4.69) is 4.89 Å². The number of carbonyl (C=O) groups excluding carboxylic acids is 1. The second kappa shape index (κ2) is 9.33. The molecule has 3 unspecified atom stereocenters. The summed E-state index contributed by atoms with van der Waals surface area (Å²) in [6, 6.07) is 8.73. The smallest absolute Gasteiger partial charge is 0.349 e. The fourth-order valence-electron chi connectivity index (χ4n) is 1.85. The molecule has 2 N–H and O–H groups in total. The molecule has 1 aromatic rings. The largest absolute Gasteiger partial charge is 0.476 e. The number of aliphatic hydroxyl groups is 1. The Morgan fingerprint density at radius 1 is 1.19 bits per heavy atom. The third kappa shape index (κ3) is 7.08. The van der Waals surface area contributed by atoms with E-state index in [4.69, 9.17) is 14.7 Å². The van der Waals surface area contributed by atoms with Gasteiger partial charge in [0.15, 0.2) is 0 Å². The molecule has 0 saturated carbocycles. The summed E-state index contributed by atoms with van der Waals surface area (Å²) < 4.78 is 10.5. The van der Waals surface area contributed by atoms with Gasteiger partial charge in [-0.05, 0) is 31.4 Å². The maximum Gasteiger partial charge on any atom is 0.349 e. The minimum atomic E-state index is -1.05. The molecule has 0 fully saturated rings. The van der Waals surface area contributed by atoms with Crippen molar-refractivity contribution in [3.8, 4) is 5.75 Å². The number of aliphatic hydroxyl groups excluding tert-OH is 1. The first kappa shape index (κ1) is 17.4. The lowest BCUT2D eigenvalue weighted by atomic mass is 10.1. The standard InChI is InChI=1S/C15H22O6/c1-11(8-12(2)16)9-19-15(17)14(10-20-18)21-13-6-4-3-5-7-13/h3-7,11-12,14,16,18H,8-10H2,1-2H3. The van der Waals surface area contributed by atoms with E-state index in [1.165, 1.54) is 0 Å². The molecule has 1 aromatic carbocycles. The van der Waals surface area contributed by atoms with Crippen LogP contribution in [-0.2, 0) is 14.4 Å². The van der Waals surface area contributed by atoms with Gasteiger partial charge in [0.05, 0.1) is 12.7 Å². The Bertz CT molecular complexity index is 406. The van der Waals surface area contributed by atoms with Crippen molar-refractivity contribution in [1.29, 1.82) is 0 Å². The summed E-state index contributed by atoms with van der Waals surface area (Å²) in [4.78, 5) is 15.9. The van der Waals surface area contributed by atoms with E-state index in [-0.39, 0.29) is 19.1 Å². The van der Waals surface area contributed by atoms with Crippen LogP contribution in [0.5, 0.6) is 5.75 Å².